The van der Waals surface area contributed by atoms with E-state index in [2.05, 4.69) is 0 Å². The van der Waals surface area contributed by atoms with Crippen molar-refractivity contribution in [1.82, 2.24) is 4.90 Å². The second-order valence-electron chi connectivity index (χ2n) is 4.80. The van der Waals surface area contributed by atoms with Crippen LogP contribution in [-0.2, 0) is 24.8 Å². The van der Waals surface area contributed by atoms with Gasteiger partial charge in [0, 0.05) is 19.5 Å². The Hall–Kier alpha value is -0.490. The summed E-state index contributed by atoms with van der Waals surface area (Å²) >= 11 is 5.84. The van der Waals surface area contributed by atoms with E-state index in [1.54, 1.807) is 4.90 Å². The normalized spacial score (nSPS) is 28.9. The molecule has 11 heteroatoms. The highest BCUT2D eigenvalue weighted by Gasteiger charge is 2.48. The minimum Gasteiger partial charge on any atom is -0.379 e. The van der Waals surface area contributed by atoms with Crippen LogP contribution in [0.25, 0.3) is 0 Å². The number of nitrogens with two attached hydrogens (primary N) is 2. The Morgan fingerprint density at radius 3 is 2.24 bits per heavy atom. The van der Waals surface area contributed by atoms with Gasteiger partial charge in [0.25, 0.3) is 0 Å². The third-order valence-electron chi connectivity index (χ3n) is 3.51. The quantitative estimate of drug-likeness (QED) is 0.665. The predicted molar refractivity (Wildman–Crippen MR) is 78.0 cm³/mol. The highest BCUT2D eigenvalue weighted by atomic mass is 35.5. The Morgan fingerprint density at radius 2 is 1.76 bits per heavy atom. The van der Waals surface area contributed by atoms with Crippen LogP contribution in [0.15, 0.2) is 22.1 Å². The summed E-state index contributed by atoms with van der Waals surface area (Å²) < 4.78 is 52.6. The minimum absolute atomic E-state index is 0.0519. The van der Waals surface area contributed by atoms with Crippen molar-refractivity contribution < 1.29 is 21.6 Å². The van der Waals surface area contributed by atoms with Crippen molar-refractivity contribution in [1.29, 1.82) is 0 Å². The van der Waals surface area contributed by atoms with Gasteiger partial charge in [0.1, 0.15) is 0 Å². The van der Waals surface area contributed by atoms with Gasteiger partial charge in [-0.15, -0.1) is 0 Å². The molecule has 1 unspecified atom stereocenters. The van der Waals surface area contributed by atoms with Crippen LogP contribution in [0.5, 0.6) is 0 Å². The topological polar surface area (TPSA) is 133 Å². The third kappa shape index (κ3) is 3.16. The molecule has 0 bridgehead atoms. The fraction of sp³-hybridized carbons (Fsp3) is 0.600. The standard InChI is InChI=1S/C10H16ClN3O5S2/c11-8-1-2-10(21(13,17)18,7-9(8)20(12,15)16)14-3-5-19-6-4-14/h1,7H,2-6H2,(H2,12,15,16)(H2,13,17,18). The number of nitrogens with zero attached hydrogens (tertiary/aromatic N) is 1. The lowest BCUT2D eigenvalue weighted by Crippen LogP contribution is -2.59. The van der Waals surface area contributed by atoms with E-state index in [0.29, 0.717) is 26.3 Å². The first-order valence-corrected chi connectivity index (χ1v) is 9.52. The maximum absolute atomic E-state index is 12.1. The Kier molecular flexibility index (Phi) is 4.51. The van der Waals surface area contributed by atoms with Gasteiger partial charge in [-0.1, -0.05) is 17.7 Å². The zero-order valence-electron chi connectivity index (χ0n) is 11.0. The first kappa shape index (κ1) is 16.9. The number of ether oxygens (including phenoxy) is 1. The molecule has 0 spiro atoms. The Labute approximate surface area is 128 Å². The van der Waals surface area contributed by atoms with Crippen LogP contribution in [0.2, 0.25) is 0 Å². The molecular formula is C10H16ClN3O5S2. The molecule has 0 aromatic carbocycles. The Morgan fingerprint density at radius 1 is 1.19 bits per heavy atom. The summed E-state index contributed by atoms with van der Waals surface area (Å²) in [6, 6.07) is 0. The molecule has 1 heterocycles. The van der Waals surface area contributed by atoms with Crippen molar-refractivity contribution in [3.8, 4) is 0 Å². The van der Waals surface area contributed by atoms with Gasteiger partial charge >= 0.3 is 0 Å². The van der Waals surface area contributed by atoms with Crippen LogP contribution < -0.4 is 10.3 Å². The molecule has 2 aliphatic rings. The van der Waals surface area contributed by atoms with Crippen molar-refractivity contribution in [2.45, 2.75) is 11.3 Å². The van der Waals surface area contributed by atoms with Crippen molar-refractivity contribution in [2.24, 2.45) is 10.3 Å². The third-order valence-corrected chi connectivity index (χ3v) is 6.46. The van der Waals surface area contributed by atoms with E-state index in [4.69, 9.17) is 26.6 Å². The van der Waals surface area contributed by atoms with Crippen LogP contribution in [0.3, 0.4) is 0 Å². The number of rotatable bonds is 3. The summed E-state index contributed by atoms with van der Waals surface area (Å²) in [4.78, 5) is -0.552. The number of hydrogen-bond donors (Lipinski definition) is 2. The van der Waals surface area contributed by atoms with E-state index in [1.807, 2.05) is 0 Å². The molecule has 8 nitrogen and oxygen atoms in total. The summed E-state index contributed by atoms with van der Waals surface area (Å²) in [5.41, 5.74) is 0. The van der Waals surface area contributed by atoms with Gasteiger partial charge in [0.2, 0.25) is 20.0 Å². The molecule has 0 saturated carbocycles. The molecule has 1 saturated heterocycles. The molecule has 0 radical (unpaired) electrons. The maximum Gasteiger partial charge on any atom is 0.239 e. The summed E-state index contributed by atoms with van der Waals surface area (Å²) in [6.07, 6.45) is 2.29. The van der Waals surface area contributed by atoms with Crippen LogP contribution in [-0.4, -0.2) is 52.9 Å². The smallest absolute Gasteiger partial charge is 0.239 e. The van der Waals surface area contributed by atoms with E-state index < -0.39 is 29.8 Å². The van der Waals surface area contributed by atoms with Gasteiger partial charge in [-0.25, -0.2) is 27.1 Å². The van der Waals surface area contributed by atoms with E-state index in [-0.39, 0.29) is 11.5 Å². The van der Waals surface area contributed by atoms with E-state index in [0.717, 1.165) is 6.08 Å². The highest BCUT2D eigenvalue weighted by Crippen LogP contribution is 2.37. The second kappa shape index (κ2) is 5.61. The summed E-state index contributed by atoms with van der Waals surface area (Å²) in [7, 11) is -8.30. The van der Waals surface area contributed by atoms with E-state index in [9.17, 15) is 16.8 Å². The molecule has 0 aromatic rings. The molecule has 4 N–H and O–H groups in total. The number of halogens is 1. The second-order valence-corrected chi connectivity index (χ2v) is 8.53. The SMILES string of the molecule is NS(=O)(=O)C1=CC(N2CCOCC2)(S(N)(=O)=O)CC=C1Cl. The predicted octanol–water partition coefficient (Wildman–Crippen LogP) is -0.998. The molecule has 120 valence electrons. The van der Waals surface area contributed by atoms with Crippen LogP contribution in [0.1, 0.15) is 6.42 Å². The highest BCUT2D eigenvalue weighted by molar-refractivity contribution is 7.93. The van der Waals surface area contributed by atoms with Gasteiger partial charge < -0.3 is 4.74 Å². The minimum atomic E-state index is -4.16. The number of hydrogen-bond acceptors (Lipinski definition) is 6. The molecule has 21 heavy (non-hydrogen) atoms. The van der Waals surface area contributed by atoms with Crippen LogP contribution in [0.4, 0.5) is 0 Å². The van der Waals surface area contributed by atoms with Crippen molar-refractivity contribution in [3.63, 3.8) is 0 Å². The largest absolute Gasteiger partial charge is 0.379 e. The molecule has 1 aliphatic carbocycles. The Bertz CT molecular complexity index is 694. The van der Waals surface area contributed by atoms with Crippen molar-refractivity contribution >= 4 is 31.6 Å². The van der Waals surface area contributed by atoms with Gasteiger partial charge in [0.15, 0.2) is 4.87 Å². The van der Waals surface area contributed by atoms with Gasteiger partial charge in [-0.3, -0.25) is 4.90 Å². The van der Waals surface area contributed by atoms with Crippen molar-refractivity contribution in [3.05, 3.63) is 22.1 Å². The zero-order valence-corrected chi connectivity index (χ0v) is 13.4. The fourth-order valence-corrected chi connectivity index (χ4v) is 4.81. The van der Waals surface area contributed by atoms with Crippen LogP contribution in [0, 0.1) is 0 Å². The molecule has 0 amide bonds. The van der Waals surface area contributed by atoms with Gasteiger partial charge in [-0.2, -0.15) is 0 Å². The lowest BCUT2D eigenvalue weighted by atomic mass is 10.1. The first-order valence-electron chi connectivity index (χ1n) is 6.05. The molecule has 2 rings (SSSR count). The molecule has 1 fully saturated rings. The Balaban J connectivity index is 2.60. The molecule has 1 aliphatic heterocycles. The average molecular weight is 358 g/mol. The molecule has 1 atom stereocenters. The van der Waals surface area contributed by atoms with E-state index >= 15 is 0 Å². The lowest BCUT2D eigenvalue weighted by molar-refractivity contribution is 0.0162. The number of primary sulfonamides is 2. The zero-order chi connectivity index (χ0) is 15.9. The molecular weight excluding hydrogens is 342 g/mol. The summed E-state index contributed by atoms with van der Waals surface area (Å²) in [6.45, 7) is 1.26. The number of sulfonamides is 2. The van der Waals surface area contributed by atoms with Gasteiger partial charge in [0.05, 0.1) is 23.2 Å². The van der Waals surface area contributed by atoms with Gasteiger partial charge in [-0.05, 0) is 6.08 Å². The number of allylic oxidation sites excluding steroid dienone is 1. The van der Waals surface area contributed by atoms with Crippen LogP contribution >= 0.6 is 11.6 Å². The van der Waals surface area contributed by atoms with Crippen molar-refractivity contribution in [2.75, 3.05) is 26.3 Å². The average Bonchev–Trinajstić information content (AvgIpc) is 2.37. The number of morpholine rings is 1. The fourth-order valence-electron chi connectivity index (χ4n) is 2.43. The monoisotopic (exact) mass is 357 g/mol. The maximum atomic E-state index is 12.1. The molecule has 0 aromatic heterocycles. The summed E-state index contributed by atoms with van der Waals surface area (Å²) in [5, 5.41) is 10.4. The summed E-state index contributed by atoms with van der Waals surface area (Å²) in [5.74, 6) is 0. The first-order chi connectivity index (χ1) is 9.58. The van der Waals surface area contributed by atoms with E-state index in [1.165, 1.54) is 6.08 Å². The lowest BCUT2D eigenvalue weighted by Gasteiger charge is -2.42.